The molecule has 1 rings (SSSR count). The fourth-order valence-electron chi connectivity index (χ4n) is 1.02. The van der Waals surface area contributed by atoms with Crippen LogP contribution in [0.4, 0.5) is 0 Å². The molecule has 1 heteroatoms. The minimum atomic E-state index is 1.30. The van der Waals surface area contributed by atoms with Crippen molar-refractivity contribution >= 4 is 11.8 Å². The first-order valence-corrected chi connectivity index (χ1v) is 5.47. The molecule has 0 unspecified atom stereocenters. The third-order valence-corrected chi connectivity index (χ3v) is 2.42. The maximum absolute atomic E-state index is 3.68. The van der Waals surface area contributed by atoms with Crippen LogP contribution in [-0.2, 0) is 0 Å². The van der Waals surface area contributed by atoms with Gasteiger partial charge in [0, 0.05) is 4.90 Å². The highest BCUT2D eigenvalue weighted by molar-refractivity contribution is 8.02. The smallest absolute Gasteiger partial charge is 0.0145 e. The van der Waals surface area contributed by atoms with Gasteiger partial charge in [0.05, 0.1) is 0 Å². The van der Waals surface area contributed by atoms with Crippen LogP contribution in [0.3, 0.4) is 0 Å². The Morgan fingerprint density at radius 3 is 2.31 bits per heavy atom. The van der Waals surface area contributed by atoms with Gasteiger partial charge in [-0.1, -0.05) is 49.9 Å². The third-order valence-electron chi connectivity index (χ3n) is 1.54. The maximum atomic E-state index is 3.68. The molecule has 0 radical (unpaired) electrons. The Morgan fingerprint density at radius 1 is 1.23 bits per heavy atom. The topological polar surface area (TPSA) is 0 Å². The molecule has 1 aromatic carbocycles. The van der Waals surface area contributed by atoms with Gasteiger partial charge in [-0.3, -0.25) is 0 Å². The fraction of sp³-hybridized carbons (Fsp3) is 0.333. The summed E-state index contributed by atoms with van der Waals surface area (Å²) < 4.78 is 0. The van der Waals surface area contributed by atoms with Crippen LogP contribution in [0.5, 0.6) is 0 Å². The molecule has 0 aliphatic heterocycles. The molecule has 0 N–H and O–H groups in total. The van der Waals surface area contributed by atoms with Gasteiger partial charge in [0.2, 0.25) is 0 Å². The second-order valence-corrected chi connectivity index (χ2v) is 3.56. The van der Waals surface area contributed by atoms with Gasteiger partial charge in [0.15, 0.2) is 0 Å². The molecule has 0 fully saturated rings. The standard InChI is InChI=1S/C10H12S.C2H6/c1-4-11-10-6-5-8(2)7-9(10)3;1-2/h4-7H,1H2,2-3H3;1-2H3. The second kappa shape index (κ2) is 6.79. The molecule has 0 aliphatic rings. The van der Waals surface area contributed by atoms with E-state index in [1.807, 2.05) is 19.3 Å². The number of hydrogen-bond donors (Lipinski definition) is 0. The zero-order chi connectivity index (χ0) is 10.3. The van der Waals surface area contributed by atoms with E-state index in [4.69, 9.17) is 0 Å². The van der Waals surface area contributed by atoms with E-state index in [2.05, 4.69) is 38.6 Å². The predicted octanol–water partition coefficient (Wildman–Crippen LogP) is 4.57. The Hall–Kier alpha value is -0.690. The molecule has 0 nitrogen and oxygen atoms in total. The van der Waals surface area contributed by atoms with Crippen LogP contribution in [0, 0.1) is 13.8 Å². The van der Waals surface area contributed by atoms with Gasteiger partial charge in [-0.05, 0) is 30.9 Å². The Kier molecular flexibility index (Phi) is 6.43. The van der Waals surface area contributed by atoms with Crippen molar-refractivity contribution in [2.45, 2.75) is 32.6 Å². The summed E-state index contributed by atoms with van der Waals surface area (Å²) >= 11 is 1.67. The molecular formula is C12H18S. The molecule has 13 heavy (non-hydrogen) atoms. The lowest BCUT2D eigenvalue weighted by atomic mass is 10.2. The minimum Gasteiger partial charge on any atom is -0.0984 e. The van der Waals surface area contributed by atoms with E-state index in [0.717, 1.165) is 0 Å². The summed E-state index contributed by atoms with van der Waals surface area (Å²) in [6, 6.07) is 6.45. The SMILES string of the molecule is C=CSc1ccc(C)cc1C.CC. The molecule has 1 aromatic rings. The van der Waals surface area contributed by atoms with Crippen molar-refractivity contribution in [2.75, 3.05) is 0 Å². The molecule has 0 spiro atoms. The van der Waals surface area contributed by atoms with Crippen LogP contribution in [0.2, 0.25) is 0 Å². The van der Waals surface area contributed by atoms with Crippen LogP contribution in [0.15, 0.2) is 35.1 Å². The van der Waals surface area contributed by atoms with Gasteiger partial charge in [-0.2, -0.15) is 0 Å². The van der Waals surface area contributed by atoms with Crippen molar-refractivity contribution in [1.82, 2.24) is 0 Å². The van der Waals surface area contributed by atoms with Crippen LogP contribution in [0.25, 0.3) is 0 Å². The summed E-state index contributed by atoms with van der Waals surface area (Å²) in [5.74, 6) is 0. The van der Waals surface area contributed by atoms with Gasteiger partial charge in [-0.25, -0.2) is 0 Å². The van der Waals surface area contributed by atoms with E-state index in [1.54, 1.807) is 11.8 Å². The van der Waals surface area contributed by atoms with Crippen LogP contribution >= 0.6 is 11.8 Å². The molecule has 0 heterocycles. The molecule has 0 bridgehead atoms. The van der Waals surface area contributed by atoms with E-state index < -0.39 is 0 Å². The van der Waals surface area contributed by atoms with Gasteiger partial charge in [-0.15, -0.1) is 0 Å². The van der Waals surface area contributed by atoms with E-state index >= 15 is 0 Å². The molecule has 0 atom stereocenters. The first kappa shape index (κ1) is 12.3. The average Bonchev–Trinajstić information content (AvgIpc) is 2.14. The van der Waals surface area contributed by atoms with Crippen molar-refractivity contribution in [3.63, 3.8) is 0 Å². The lowest BCUT2D eigenvalue weighted by Gasteiger charge is -2.01. The van der Waals surface area contributed by atoms with E-state index in [-0.39, 0.29) is 0 Å². The Morgan fingerprint density at radius 2 is 1.85 bits per heavy atom. The zero-order valence-electron chi connectivity index (χ0n) is 8.92. The molecule has 0 amide bonds. The lowest BCUT2D eigenvalue weighted by molar-refractivity contribution is 1.27. The number of thioether (sulfide) groups is 1. The summed E-state index contributed by atoms with van der Waals surface area (Å²) in [6.45, 7) is 11.9. The summed E-state index contributed by atoms with van der Waals surface area (Å²) in [4.78, 5) is 1.30. The summed E-state index contributed by atoms with van der Waals surface area (Å²) in [7, 11) is 0. The van der Waals surface area contributed by atoms with Crippen LogP contribution < -0.4 is 0 Å². The quantitative estimate of drug-likeness (QED) is 0.622. The van der Waals surface area contributed by atoms with Crippen molar-refractivity contribution in [3.05, 3.63) is 41.3 Å². The fourth-order valence-corrected chi connectivity index (χ4v) is 1.59. The Bertz CT molecular complexity index is 264. The molecular weight excluding hydrogens is 176 g/mol. The van der Waals surface area contributed by atoms with E-state index in [1.165, 1.54) is 16.0 Å². The van der Waals surface area contributed by atoms with Crippen molar-refractivity contribution in [3.8, 4) is 0 Å². The van der Waals surface area contributed by atoms with Crippen molar-refractivity contribution in [1.29, 1.82) is 0 Å². The summed E-state index contributed by atoms with van der Waals surface area (Å²) in [5.41, 5.74) is 2.64. The van der Waals surface area contributed by atoms with Crippen molar-refractivity contribution in [2.24, 2.45) is 0 Å². The lowest BCUT2D eigenvalue weighted by Crippen LogP contribution is -1.79. The molecule has 0 saturated heterocycles. The molecule has 0 aromatic heterocycles. The molecule has 72 valence electrons. The van der Waals surface area contributed by atoms with Gasteiger partial charge in [0.1, 0.15) is 0 Å². The average molecular weight is 194 g/mol. The van der Waals surface area contributed by atoms with Crippen molar-refractivity contribution < 1.29 is 0 Å². The minimum absolute atomic E-state index is 1.30. The molecule has 0 aliphatic carbocycles. The number of aryl methyl sites for hydroxylation is 2. The normalized spacial score (nSPS) is 8.62. The highest BCUT2D eigenvalue weighted by Gasteiger charge is 1.95. The first-order chi connectivity index (χ1) is 6.24. The first-order valence-electron chi connectivity index (χ1n) is 4.59. The van der Waals surface area contributed by atoms with Crippen LogP contribution in [0.1, 0.15) is 25.0 Å². The Balaban J connectivity index is 0.000000671. The number of rotatable bonds is 2. The third kappa shape index (κ3) is 4.18. The highest BCUT2D eigenvalue weighted by Crippen LogP contribution is 2.23. The second-order valence-electron chi connectivity index (χ2n) is 2.55. The maximum Gasteiger partial charge on any atom is 0.0145 e. The summed E-state index contributed by atoms with van der Waals surface area (Å²) in [6.07, 6.45) is 0. The summed E-state index contributed by atoms with van der Waals surface area (Å²) in [5, 5.41) is 1.86. The van der Waals surface area contributed by atoms with E-state index in [0.29, 0.717) is 0 Å². The highest BCUT2D eigenvalue weighted by atomic mass is 32.2. The molecule has 0 saturated carbocycles. The number of benzene rings is 1. The monoisotopic (exact) mass is 194 g/mol. The predicted molar refractivity (Wildman–Crippen MR) is 63.3 cm³/mol. The van der Waals surface area contributed by atoms with Gasteiger partial charge >= 0.3 is 0 Å². The van der Waals surface area contributed by atoms with Crippen LogP contribution in [-0.4, -0.2) is 0 Å². The van der Waals surface area contributed by atoms with Gasteiger partial charge in [0.25, 0.3) is 0 Å². The number of hydrogen-bond acceptors (Lipinski definition) is 1. The largest absolute Gasteiger partial charge is 0.0984 e. The Labute approximate surface area is 86.1 Å². The van der Waals surface area contributed by atoms with E-state index in [9.17, 15) is 0 Å². The zero-order valence-corrected chi connectivity index (χ0v) is 9.74. The van der Waals surface area contributed by atoms with Gasteiger partial charge < -0.3 is 0 Å².